The maximum Gasteiger partial charge on any atom is 0.416 e. The van der Waals surface area contributed by atoms with Crippen LogP contribution >= 0.6 is 0 Å². The summed E-state index contributed by atoms with van der Waals surface area (Å²) >= 11 is 0. The number of Topliss-reactive ketones (excluding diaryl/α,β-unsaturated/α-hetero) is 1. The van der Waals surface area contributed by atoms with Gasteiger partial charge in [-0.05, 0) is 42.7 Å². The van der Waals surface area contributed by atoms with E-state index in [0.29, 0.717) is 29.8 Å². The standard InChI is InChI=1S/C25H21F3N4O4/c1-24(11-20(33)34)8-7-14-9-15(5-6-19(14)21(24)35)22-29-12-18(13-30-22)32-23(36)31-17-4-2-3-16(10-17)25(26,27)28/h2-6,9-10,12-13H,7-8,11H2,1H3,(H,33,34)(H2,31,32,36). The van der Waals surface area contributed by atoms with Crippen molar-refractivity contribution in [2.45, 2.75) is 32.4 Å². The number of rotatable bonds is 5. The number of carboxylic acids is 1. The summed E-state index contributed by atoms with van der Waals surface area (Å²) in [5.41, 5.74) is 0.280. The molecule has 0 fully saturated rings. The number of nitrogens with one attached hydrogen (secondary N) is 2. The molecule has 1 atom stereocenters. The van der Waals surface area contributed by atoms with Crippen molar-refractivity contribution in [3.05, 3.63) is 71.5 Å². The van der Waals surface area contributed by atoms with Crippen LogP contribution in [-0.4, -0.2) is 32.9 Å². The number of alkyl halides is 3. The molecule has 1 heterocycles. The lowest BCUT2D eigenvalue weighted by Gasteiger charge is -2.32. The fraction of sp³-hybridized carbons (Fsp3) is 0.240. The Morgan fingerprint density at radius 1 is 1.06 bits per heavy atom. The van der Waals surface area contributed by atoms with Crippen molar-refractivity contribution in [1.82, 2.24) is 9.97 Å². The molecule has 11 heteroatoms. The second-order valence-corrected chi connectivity index (χ2v) is 8.79. The lowest BCUT2D eigenvalue weighted by molar-refractivity contribution is -0.139. The molecule has 0 radical (unpaired) electrons. The molecule has 8 nitrogen and oxygen atoms in total. The molecule has 0 saturated heterocycles. The topological polar surface area (TPSA) is 121 Å². The minimum Gasteiger partial charge on any atom is -0.481 e. The summed E-state index contributed by atoms with van der Waals surface area (Å²) in [5, 5.41) is 13.9. The highest BCUT2D eigenvalue weighted by Gasteiger charge is 2.40. The molecule has 2 amide bonds. The molecule has 1 aliphatic rings. The molecular weight excluding hydrogens is 477 g/mol. The molecule has 0 spiro atoms. The number of nitrogens with zero attached hydrogens (tertiary/aromatic N) is 2. The van der Waals surface area contributed by atoms with Gasteiger partial charge in [-0.1, -0.05) is 25.1 Å². The summed E-state index contributed by atoms with van der Waals surface area (Å²) in [5.74, 6) is -0.880. The summed E-state index contributed by atoms with van der Waals surface area (Å²) in [7, 11) is 0. The van der Waals surface area contributed by atoms with Gasteiger partial charge in [0.05, 0.1) is 30.1 Å². The molecule has 1 aliphatic carbocycles. The largest absolute Gasteiger partial charge is 0.481 e. The average molecular weight is 498 g/mol. The number of hydrogen-bond acceptors (Lipinski definition) is 5. The van der Waals surface area contributed by atoms with E-state index in [-0.39, 0.29) is 23.6 Å². The summed E-state index contributed by atoms with van der Waals surface area (Å²) < 4.78 is 38.5. The van der Waals surface area contributed by atoms with Crippen molar-refractivity contribution >= 4 is 29.2 Å². The Kier molecular flexibility index (Phi) is 6.49. The van der Waals surface area contributed by atoms with Gasteiger partial charge in [-0.2, -0.15) is 13.2 Å². The van der Waals surface area contributed by atoms with Gasteiger partial charge in [0.25, 0.3) is 0 Å². The van der Waals surface area contributed by atoms with E-state index >= 15 is 0 Å². The first-order chi connectivity index (χ1) is 16.9. The van der Waals surface area contributed by atoms with Crippen LogP contribution in [0.2, 0.25) is 0 Å². The number of aliphatic carboxylic acids is 1. The lowest BCUT2D eigenvalue weighted by Crippen LogP contribution is -2.35. The monoisotopic (exact) mass is 498 g/mol. The van der Waals surface area contributed by atoms with Crippen LogP contribution in [0.25, 0.3) is 11.4 Å². The van der Waals surface area contributed by atoms with Crippen LogP contribution < -0.4 is 10.6 Å². The smallest absolute Gasteiger partial charge is 0.416 e. The molecule has 0 aliphatic heterocycles. The molecular formula is C25H21F3N4O4. The normalized spacial score (nSPS) is 17.3. The number of fused-ring (bicyclic) bond motifs is 1. The fourth-order valence-electron chi connectivity index (χ4n) is 4.12. The first-order valence-electron chi connectivity index (χ1n) is 10.9. The first-order valence-corrected chi connectivity index (χ1v) is 10.9. The number of hydrogen-bond donors (Lipinski definition) is 3. The average Bonchev–Trinajstić information content (AvgIpc) is 2.81. The Morgan fingerprint density at radius 3 is 2.42 bits per heavy atom. The molecule has 3 aromatic rings. The Morgan fingerprint density at radius 2 is 1.75 bits per heavy atom. The van der Waals surface area contributed by atoms with Crippen molar-refractivity contribution in [1.29, 1.82) is 0 Å². The van der Waals surface area contributed by atoms with Crippen LogP contribution in [0.1, 0.15) is 41.3 Å². The highest BCUT2D eigenvalue weighted by Crippen LogP contribution is 2.39. The maximum absolute atomic E-state index is 12.9. The van der Waals surface area contributed by atoms with Crippen LogP contribution in [0.3, 0.4) is 0 Å². The maximum atomic E-state index is 12.9. The quantitative estimate of drug-likeness (QED) is 0.432. The SMILES string of the molecule is CC1(CC(=O)O)CCc2cc(-c3ncc(NC(=O)Nc4cccc(C(F)(F)F)c4)cn3)ccc2C1=O. The van der Waals surface area contributed by atoms with E-state index in [9.17, 15) is 27.6 Å². The zero-order valence-corrected chi connectivity index (χ0v) is 19.0. The van der Waals surface area contributed by atoms with Gasteiger partial charge < -0.3 is 15.7 Å². The number of carbonyl (C=O) groups is 3. The van der Waals surface area contributed by atoms with Gasteiger partial charge in [0, 0.05) is 22.2 Å². The van der Waals surface area contributed by atoms with Crippen molar-refractivity contribution in [3.63, 3.8) is 0 Å². The van der Waals surface area contributed by atoms with Crippen LogP contribution in [0, 0.1) is 5.41 Å². The summed E-state index contributed by atoms with van der Waals surface area (Å²) in [6, 6.07) is 8.59. The van der Waals surface area contributed by atoms with E-state index in [1.165, 1.54) is 24.5 Å². The van der Waals surface area contributed by atoms with E-state index in [2.05, 4.69) is 20.6 Å². The van der Waals surface area contributed by atoms with E-state index in [4.69, 9.17) is 5.11 Å². The molecule has 0 bridgehead atoms. The number of halogens is 3. The zero-order valence-electron chi connectivity index (χ0n) is 19.0. The van der Waals surface area contributed by atoms with Gasteiger partial charge in [0.15, 0.2) is 11.6 Å². The lowest BCUT2D eigenvalue weighted by atomic mass is 9.69. The third-order valence-corrected chi connectivity index (χ3v) is 6.00. The predicted molar refractivity (Wildman–Crippen MR) is 125 cm³/mol. The first kappa shape index (κ1) is 24.8. The highest BCUT2D eigenvalue weighted by atomic mass is 19.4. The number of benzene rings is 2. The van der Waals surface area contributed by atoms with Gasteiger partial charge in [-0.15, -0.1) is 0 Å². The Balaban J connectivity index is 1.44. The van der Waals surface area contributed by atoms with Crippen LogP contribution in [0.15, 0.2) is 54.9 Å². The molecule has 1 aromatic heterocycles. The molecule has 1 unspecified atom stereocenters. The fourth-order valence-corrected chi connectivity index (χ4v) is 4.12. The summed E-state index contributed by atoms with van der Waals surface area (Å²) in [6.07, 6.45) is -1.11. The predicted octanol–water partition coefficient (Wildman–Crippen LogP) is 5.42. The number of aromatic nitrogens is 2. The third-order valence-electron chi connectivity index (χ3n) is 6.00. The van der Waals surface area contributed by atoms with Crippen molar-refractivity contribution in [3.8, 4) is 11.4 Å². The second-order valence-electron chi connectivity index (χ2n) is 8.79. The third kappa shape index (κ3) is 5.35. The van der Waals surface area contributed by atoms with E-state index in [1.54, 1.807) is 25.1 Å². The minimum atomic E-state index is -4.53. The molecule has 3 N–H and O–H groups in total. The highest BCUT2D eigenvalue weighted by molar-refractivity contribution is 6.04. The number of carbonyl (C=O) groups excluding carboxylic acids is 2. The van der Waals surface area contributed by atoms with E-state index < -0.39 is 29.2 Å². The number of anilines is 2. The van der Waals surface area contributed by atoms with Crippen LogP contribution in [-0.2, 0) is 17.4 Å². The van der Waals surface area contributed by atoms with Gasteiger partial charge in [-0.25, -0.2) is 14.8 Å². The zero-order chi connectivity index (χ0) is 26.1. The Hall–Kier alpha value is -4.28. The molecule has 186 valence electrons. The van der Waals surface area contributed by atoms with E-state index in [0.717, 1.165) is 17.7 Å². The number of ketones is 1. The molecule has 2 aromatic carbocycles. The minimum absolute atomic E-state index is 0.0251. The summed E-state index contributed by atoms with van der Waals surface area (Å²) in [6.45, 7) is 1.66. The number of amides is 2. The van der Waals surface area contributed by atoms with Gasteiger partial charge in [-0.3, -0.25) is 9.59 Å². The van der Waals surface area contributed by atoms with Crippen molar-refractivity contribution < 1.29 is 32.7 Å². The number of carboxylic acid groups (broad SMARTS) is 1. The van der Waals surface area contributed by atoms with Gasteiger partial charge in [0.2, 0.25) is 0 Å². The molecule has 0 saturated carbocycles. The second kappa shape index (κ2) is 9.40. The van der Waals surface area contributed by atoms with Crippen molar-refractivity contribution in [2.24, 2.45) is 5.41 Å². The Bertz CT molecular complexity index is 1340. The van der Waals surface area contributed by atoms with Crippen LogP contribution in [0.4, 0.5) is 29.3 Å². The summed E-state index contributed by atoms with van der Waals surface area (Å²) in [4.78, 5) is 44.7. The van der Waals surface area contributed by atoms with Crippen molar-refractivity contribution in [2.75, 3.05) is 10.6 Å². The van der Waals surface area contributed by atoms with E-state index in [1.807, 2.05) is 0 Å². The number of urea groups is 1. The van der Waals surface area contributed by atoms with Gasteiger partial charge in [0.1, 0.15) is 0 Å². The van der Waals surface area contributed by atoms with Crippen LogP contribution in [0.5, 0.6) is 0 Å². The number of aryl methyl sites for hydroxylation is 1. The molecule has 4 rings (SSSR count). The van der Waals surface area contributed by atoms with Gasteiger partial charge >= 0.3 is 18.2 Å². The molecule has 36 heavy (non-hydrogen) atoms. The Labute approximate surface area is 203 Å².